The van der Waals surface area contributed by atoms with Crippen LogP contribution in [-0.2, 0) is 14.3 Å². The molecule has 0 radical (unpaired) electrons. The second-order valence-corrected chi connectivity index (χ2v) is 6.38. The molecule has 1 heterocycles. The number of rotatable bonds is 3. The molecule has 1 saturated heterocycles. The molecule has 1 saturated carbocycles. The number of esters is 1. The molecule has 2 fully saturated rings. The number of amides is 1. The van der Waals surface area contributed by atoms with E-state index >= 15 is 0 Å². The lowest BCUT2D eigenvalue weighted by Gasteiger charge is -2.35. The summed E-state index contributed by atoms with van der Waals surface area (Å²) in [6, 6.07) is 0. The van der Waals surface area contributed by atoms with Gasteiger partial charge in [-0.2, -0.15) is 0 Å². The second-order valence-electron chi connectivity index (χ2n) is 6.38. The number of ether oxygens (including phenoxy) is 1. The first-order valence-electron chi connectivity index (χ1n) is 8.18. The van der Waals surface area contributed by atoms with E-state index in [1.165, 1.54) is 20.0 Å². The molecule has 1 amide bonds. The van der Waals surface area contributed by atoms with E-state index in [1.54, 1.807) is 0 Å². The fourth-order valence-electron chi connectivity index (χ4n) is 3.49. The van der Waals surface area contributed by atoms with Gasteiger partial charge in [-0.05, 0) is 25.8 Å². The molecular formula is C16H28N2O3. The first-order valence-corrected chi connectivity index (χ1v) is 8.18. The van der Waals surface area contributed by atoms with Crippen molar-refractivity contribution in [3.05, 3.63) is 0 Å². The minimum Gasteiger partial charge on any atom is -0.468 e. The summed E-state index contributed by atoms with van der Waals surface area (Å²) in [5.41, 5.74) is 0. The summed E-state index contributed by atoms with van der Waals surface area (Å²) in [4.78, 5) is 29.1. The minimum absolute atomic E-state index is 0.0122. The summed E-state index contributed by atoms with van der Waals surface area (Å²) in [6.45, 7) is 3.19. The number of nitrogens with zero attached hydrogens (tertiary/aromatic N) is 2. The van der Waals surface area contributed by atoms with Crippen LogP contribution in [0.3, 0.4) is 0 Å². The Labute approximate surface area is 127 Å². The van der Waals surface area contributed by atoms with Gasteiger partial charge >= 0.3 is 5.97 Å². The molecule has 0 aromatic carbocycles. The van der Waals surface area contributed by atoms with Crippen molar-refractivity contribution in [3.63, 3.8) is 0 Å². The van der Waals surface area contributed by atoms with Gasteiger partial charge in [0.15, 0.2) is 0 Å². The number of carbonyl (C=O) groups is 2. The lowest BCUT2D eigenvalue weighted by Crippen LogP contribution is -2.51. The Bertz CT molecular complexity index is 357. The van der Waals surface area contributed by atoms with Gasteiger partial charge in [-0.3, -0.25) is 9.59 Å². The summed E-state index contributed by atoms with van der Waals surface area (Å²) >= 11 is 0. The highest BCUT2D eigenvalue weighted by atomic mass is 16.5. The van der Waals surface area contributed by atoms with E-state index in [4.69, 9.17) is 4.74 Å². The highest BCUT2D eigenvalue weighted by Crippen LogP contribution is 2.31. The number of piperazine rings is 1. The molecule has 0 N–H and O–H groups in total. The molecule has 1 aliphatic carbocycles. The van der Waals surface area contributed by atoms with Crippen LogP contribution < -0.4 is 0 Å². The highest BCUT2D eigenvalue weighted by Gasteiger charge is 2.38. The molecule has 0 unspecified atom stereocenters. The summed E-state index contributed by atoms with van der Waals surface area (Å²) in [5, 5.41) is 0. The molecule has 120 valence electrons. The Morgan fingerprint density at radius 3 is 2.10 bits per heavy atom. The fraction of sp³-hybridized carbons (Fsp3) is 0.875. The molecule has 0 aromatic rings. The van der Waals surface area contributed by atoms with Crippen molar-refractivity contribution in [3.8, 4) is 0 Å². The monoisotopic (exact) mass is 296 g/mol. The van der Waals surface area contributed by atoms with Gasteiger partial charge in [0.25, 0.3) is 0 Å². The van der Waals surface area contributed by atoms with Crippen molar-refractivity contribution in [1.82, 2.24) is 9.80 Å². The third-order valence-electron chi connectivity index (χ3n) is 4.91. The van der Waals surface area contributed by atoms with Crippen molar-refractivity contribution in [2.75, 3.05) is 40.3 Å². The molecule has 2 rings (SSSR count). The van der Waals surface area contributed by atoms with Crippen molar-refractivity contribution in [2.24, 2.45) is 11.8 Å². The Hall–Kier alpha value is -1.10. The zero-order valence-corrected chi connectivity index (χ0v) is 13.3. The van der Waals surface area contributed by atoms with Crippen LogP contribution in [0.4, 0.5) is 0 Å². The van der Waals surface area contributed by atoms with Crippen molar-refractivity contribution >= 4 is 11.9 Å². The Kier molecular flexibility index (Phi) is 6.03. The zero-order valence-electron chi connectivity index (χ0n) is 13.3. The van der Waals surface area contributed by atoms with E-state index in [0.717, 1.165) is 51.9 Å². The Morgan fingerprint density at radius 1 is 1.00 bits per heavy atom. The molecule has 5 heteroatoms. The van der Waals surface area contributed by atoms with E-state index in [2.05, 4.69) is 11.9 Å². The number of likely N-dealkylation sites (N-methyl/N-ethyl adjacent to an activating group) is 1. The van der Waals surface area contributed by atoms with Gasteiger partial charge in [-0.25, -0.2) is 0 Å². The first-order chi connectivity index (χ1) is 10.1. The Morgan fingerprint density at radius 2 is 1.57 bits per heavy atom. The molecule has 1 atom stereocenters. The standard InChI is InChI=1S/C16H28N2O3/c1-17-9-11-18(12-10-17)15(19)14(16(20)21-2)13-7-5-3-4-6-8-13/h13-14H,3-12H2,1-2H3/t14-/m0/s1. The number of hydrogen-bond acceptors (Lipinski definition) is 4. The largest absolute Gasteiger partial charge is 0.468 e. The quantitative estimate of drug-likeness (QED) is 0.450. The van der Waals surface area contributed by atoms with E-state index in [0.29, 0.717) is 0 Å². The van der Waals surface area contributed by atoms with Gasteiger partial charge in [0.05, 0.1) is 7.11 Å². The molecule has 0 bridgehead atoms. The van der Waals surface area contributed by atoms with Gasteiger partial charge < -0.3 is 14.5 Å². The molecule has 0 spiro atoms. The van der Waals surface area contributed by atoms with Crippen LogP contribution in [0.15, 0.2) is 0 Å². The fourth-order valence-corrected chi connectivity index (χ4v) is 3.49. The molecule has 5 nitrogen and oxygen atoms in total. The van der Waals surface area contributed by atoms with Gasteiger partial charge in [0, 0.05) is 26.2 Å². The van der Waals surface area contributed by atoms with E-state index in [1.807, 2.05) is 4.90 Å². The molecule has 2 aliphatic rings. The van der Waals surface area contributed by atoms with Crippen molar-refractivity contribution < 1.29 is 14.3 Å². The van der Waals surface area contributed by atoms with Crippen LogP contribution in [0, 0.1) is 11.8 Å². The molecule has 0 aromatic heterocycles. The van der Waals surface area contributed by atoms with Gasteiger partial charge in [0.1, 0.15) is 5.92 Å². The smallest absolute Gasteiger partial charge is 0.318 e. The lowest BCUT2D eigenvalue weighted by atomic mass is 9.85. The van der Waals surface area contributed by atoms with Crippen LogP contribution in [0.5, 0.6) is 0 Å². The van der Waals surface area contributed by atoms with Crippen molar-refractivity contribution in [2.45, 2.75) is 38.5 Å². The zero-order chi connectivity index (χ0) is 15.2. The van der Waals surface area contributed by atoms with E-state index in [-0.39, 0.29) is 17.8 Å². The van der Waals surface area contributed by atoms with Gasteiger partial charge in [-0.15, -0.1) is 0 Å². The maximum Gasteiger partial charge on any atom is 0.318 e. The average molecular weight is 296 g/mol. The summed E-state index contributed by atoms with van der Waals surface area (Å²) < 4.78 is 4.94. The van der Waals surface area contributed by atoms with Crippen LogP contribution in [0.2, 0.25) is 0 Å². The summed E-state index contributed by atoms with van der Waals surface area (Å²) in [6.07, 6.45) is 6.61. The van der Waals surface area contributed by atoms with E-state index in [9.17, 15) is 9.59 Å². The van der Waals surface area contributed by atoms with E-state index < -0.39 is 5.92 Å². The SMILES string of the molecule is COC(=O)[C@H](C(=O)N1CCN(C)CC1)C1CCCCCC1. The average Bonchev–Trinajstić information content (AvgIpc) is 2.77. The topological polar surface area (TPSA) is 49.9 Å². The third-order valence-corrected chi connectivity index (χ3v) is 4.91. The number of carbonyl (C=O) groups excluding carboxylic acids is 2. The van der Waals surface area contributed by atoms with Crippen LogP contribution in [-0.4, -0.2) is 62.0 Å². The minimum atomic E-state index is -0.587. The van der Waals surface area contributed by atoms with Crippen LogP contribution >= 0.6 is 0 Å². The highest BCUT2D eigenvalue weighted by molar-refractivity contribution is 5.98. The maximum absolute atomic E-state index is 12.8. The van der Waals surface area contributed by atoms with Crippen molar-refractivity contribution in [1.29, 1.82) is 0 Å². The van der Waals surface area contributed by atoms with Gasteiger partial charge in [-0.1, -0.05) is 25.7 Å². The Balaban J connectivity index is 2.07. The second kappa shape index (κ2) is 7.78. The predicted octanol–water partition coefficient (Wildman–Crippen LogP) is 1.52. The molecular weight excluding hydrogens is 268 g/mol. The maximum atomic E-state index is 12.8. The lowest BCUT2D eigenvalue weighted by molar-refractivity contribution is -0.157. The number of methoxy groups -OCH3 is 1. The van der Waals surface area contributed by atoms with Crippen LogP contribution in [0.25, 0.3) is 0 Å². The first kappa shape index (κ1) is 16.3. The summed E-state index contributed by atoms with van der Waals surface area (Å²) in [5.74, 6) is -0.781. The summed E-state index contributed by atoms with van der Waals surface area (Å²) in [7, 11) is 3.45. The van der Waals surface area contributed by atoms with Crippen LogP contribution in [0.1, 0.15) is 38.5 Å². The number of hydrogen-bond donors (Lipinski definition) is 0. The normalized spacial score (nSPS) is 23.4. The third kappa shape index (κ3) is 4.19. The molecule has 1 aliphatic heterocycles. The molecule has 21 heavy (non-hydrogen) atoms. The predicted molar refractivity (Wildman–Crippen MR) is 80.8 cm³/mol. The van der Waals surface area contributed by atoms with Gasteiger partial charge in [0.2, 0.25) is 5.91 Å².